The number of carbonyl (C=O) groups excluding carboxylic acids is 1. The Bertz CT molecular complexity index is 540. The van der Waals surface area contributed by atoms with E-state index in [0.717, 1.165) is 19.6 Å². The van der Waals surface area contributed by atoms with Crippen LogP contribution in [0.5, 0.6) is 0 Å². The quantitative estimate of drug-likeness (QED) is 0.514. The van der Waals surface area contributed by atoms with Crippen LogP contribution in [0.4, 0.5) is 0 Å². The van der Waals surface area contributed by atoms with Gasteiger partial charge >= 0.3 is 0 Å². The zero-order valence-electron chi connectivity index (χ0n) is 16.6. The number of nitrogens with one attached hydrogen (secondary N) is 2. The van der Waals surface area contributed by atoms with E-state index >= 15 is 0 Å². The summed E-state index contributed by atoms with van der Waals surface area (Å²) in [6, 6.07) is 11.0. The maximum absolute atomic E-state index is 12.4. The molecule has 1 aliphatic carbocycles. The summed E-state index contributed by atoms with van der Waals surface area (Å²) in [7, 11) is 0. The molecule has 1 aromatic carbocycles. The summed E-state index contributed by atoms with van der Waals surface area (Å²) in [6.07, 6.45) is 7.59. The van der Waals surface area contributed by atoms with E-state index in [0.29, 0.717) is 25.7 Å². The standard InChI is InChI=1S/C21H33N3O2.2ClH/c25-21(23-13-12-22-19-10-6-1-2-7-11-19)20-17-24(14-15-26-20)16-18-8-4-3-5-9-18;;/h3-5,8-9,19-20,22H,1-2,6-7,10-17H2,(H,23,25);2*1H. The van der Waals surface area contributed by atoms with Crippen LogP contribution in [-0.4, -0.2) is 55.7 Å². The van der Waals surface area contributed by atoms with E-state index in [4.69, 9.17) is 4.74 Å². The smallest absolute Gasteiger partial charge is 0.250 e. The summed E-state index contributed by atoms with van der Waals surface area (Å²) in [4.78, 5) is 14.7. The van der Waals surface area contributed by atoms with Crippen LogP contribution in [0.3, 0.4) is 0 Å². The van der Waals surface area contributed by atoms with Gasteiger partial charge in [-0.1, -0.05) is 56.0 Å². The highest BCUT2D eigenvalue weighted by Gasteiger charge is 2.26. The lowest BCUT2D eigenvalue weighted by Gasteiger charge is -2.32. The number of morpholine rings is 1. The number of hydrogen-bond donors (Lipinski definition) is 2. The Labute approximate surface area is 181 Å². The third-order valence-corrected chi connectivity index (χ3v) is 5.40. The fourth-order valence-corrected chi connectivity index (χ4v) is 3.91. The van der Waals surface area contributed by atoms with Gasteiger partial charge in [0.1, 0.15) is 6.10 Å². The Balaban J connectivity index is 0.00000196. The average Bonchev–Trinajstić information content (AvgIpc) is 2.95. The Hall–Kier alpha value is -0.850. The molecular formula is C21H35Cl2N3O2. The van der Waals surface area contributed by atoms with Crippen LogP contribution in [0.2, 0.25) is 0 Å². The topological polar surface area (TPSA) is 53.6 Å². The first-order valence-electron chi connectivity index (χ1n) is 10.2. The summed E-state index contributed by atoms with van der Waals surface area (Å²) < 4.78 is 5.70. The molecule has 5 nitrogen and oxygen atoms in total. The molecule has 2 N–H and O–H groups in total. The van der Waals surface area contributed by atoms with Crippen LogP contribution < -0.4 is 10.6 Å². The fraction of sp³-hybridized carbons (Fsp3) is 0.667. The van der Waals surface area contributed by atoms with Crippen molar-refractivity contribution in [1.29, 1.82) is 0 Å². The molecule has 1 aromatic rings. The molecule has 7 heteroatoms. The van der Waals surface area contributed by atoms with Crippen molar-refractivity contribution in [2.75, 3.05) is 32.8 Å². The van der Waals surface area contributed by atoms with E-state index in [1.807, 2.05) is 6.07 Å². The van der Waals surface area contributed by atoms with E-state index in [1.54, 1.807) is 0 Å². The Kier molecular flexibility index (Phi) is 12.8. The molecule has 1 aliphatic heterocycles. The molecule has 0 spiro atoms. The molecule has 3 rings (SSSR count). The molecule has 1 unspecified atom stereocenters. The highest BCUT2D eigenvalue weighted by atomic mass is 35.5. The second-order valence-corrected chi connectivity index (χ2v) is 7.51. The Morgan fingerprint density at radius 3 is 2.46 bits per heavy atom. The Morgan fingerprint density at radius 1 is 1.04 bits per heavy atom. The largest absolute Gasteiger partial charge is 0.366 e. The van der Waals surface area contributed by atoms with Gasteiger partial charge in [-0.15, -0.1) is 24.8 Å². The molecule has 0 aromatic heterocycles. The zero-order chi connectivity index (χ0) is 18.0. The summed E-state index contributed by atoms with van der Waals surface area (Å²) in [5.41, 5.74) is 1.28. The minimum Gasteiger partial charge on any atom is -0.366 e. The molecule has 28 heavy (non-hydrogen) atoms. The summed E-state index contributed by atoms with van der Waals surface area (Å²) >= 11 is 0. The van der Waals surface area contributed by atoms with Gasteiger partial charge in [-0.25, -0.2) is 0 Å². The number of nitrogens with zero attached hydrogens (tertiary/aromatic N) is 1. The first-order chi connectivity index (χ1) is 12.8. The summed E-state index contributed by atoms with van der Waals surface area (Å²) in [6.45, 7) is 4.55. The van der Waals surface area contributed by atoms with Crippen molar-refractivity contribution in [3.8, 4) is 0 Å². The molecule has 1 saturated carbocycles. The second kappa shape index (κ2) is 14.2. The van der Waals surface area contributed by atoms with Gasteiger partial charge in [0.2, 0.25) is 0 Å². The Morgan fingerprint density at radius 2 is 1.75 bits per heavy atom. The molecule has 2 fully saturated rings. The molecule has 1 atom stereocenters. The number of hydrogen-bond acceptors (Lipinski definition) is 4. The van der Waals surface area contributed by atoms with Gasteiger partial charge in [0.25, 0.3) is 5.91 Å². The lowest BCUT2D eigenvalue weighted by Crippen LogP contribution is -2.50. The van der Waals surface area contributed by atoms with Gasteiger partial charge in [-0.2, -0.15) is 0 Å². The highest BCUT2D eigenvalue weighted by molar-refractivity contribution is 5.85. The van der Waals surface area contributed by atoms with Gasteiger partial charge in [0, 0.05) is 38.8 Å². The maximum Gasteiger partial charge on any atom is 0.250 e. The van der Waals surface area contributed by atoms with Crippen molar-refractivity contribution in [3.63, 3.8) is 0 Å². The normalized spacial score (nSPS) is 21.1. The van der Waals surface area contributed by atoms with Gasteiger partial charge < -0.3 is 15.4 Å². The molecule has 1 saturated heterocycles. The van der Waals surface area contributed by atoms with Crippen molar-refractivity contribution in [2.24, 2.45) is 0 Å². The van der Waals surface area contributed by atoms with E-state index in [-0.39, 0.29) is 36.8 Å². The SMILES string of the molecule is Cl.Cl.O=C(NCCNC1CCCCCC1)C1CN(Cc2ccccc2)CCO1. The van der Waals surface area contributed by atoms with Crippen LogP contribution >= 0.6 is 24.8 Å². The van der Waals surface area contributed by atoms with Crippen LogP contribution in [-0.2, 0) is 16.1 Å². The second-order valence-electron chi connectivity index (χ2n) is 7.51. The van der Waals surface area contributed by atoms with Gasteiger partial charge in [-0.05, 0) is 18.4 Å². The van der Waals surface area contributed by atoms with Crippen LogP contribution in [0.25, 0.3) is 0 Å². The minimum atomic E-state index is -0.356. The van der Waals surface area contributed by atoms with Crippen LogP contribution in [0.15, 0.2) is 30.3 Å². The number of carbonyl (C=O) groups is 1. The van der Waals surface area contributed by atoms with Gasteiger partial charge in [0.15, 0.2) is 0 Å². The lowest BCUT2D eigenvalue weighted by molar-refractivity contribution is -0.138. The minimum absolute atomic E-state index is 0. The third-order valence-electron chi connectivity index (χ3n) is 5.40. The first kappa shape index (κ1) is 25.2. The molecular weight excluding hydrogens is 397 g/mol. The molecule has 1 heterocycles. The van der Waals surface area contributed by atoms with Crippen LogP contribution in [0, 0.1) is 0 Å². The molecule has 0 radical (unpaired) electrons. The molecule has 1 amide bonds. The van der Waals surface area contributed by atoms with E-state index < -0.39 is 0 Å². The van der Waals surface area contributed by atoms with Crippen LogP contribution in [0.1, 0.15) is 44.1 Å². The van der Waals surface area contributed by atoms with Crippen molar-refractivity contribution in [1.82, 2.24) is 15.5 Å². The lowest BCUT2D eigenvalue weighted by atomic mass is 10.1. The number of amides is 1. The first-order valence-corrected chi connectivity index (χ1v) is 10.2. The maximum atomic E-state index is 12.4. The third kappa shape index (κ3) is 8.66. The van der Waals surface area contributed by atoms with Crippen molar-refractivity contribution >= 4 is 30.7 Å². The monoisotopic (exact) mass is 431 g/mol. The molecule has 2 aliphatic rings. The average molecular weight is 432 g/mol. The van der Waals surface area contributed by atoms with Crippen molar-refractivity contribution < 1.29 is 9.53 Å². The predicted octanol–water partition coefficient (Wildman–Crippen LogP) is 3.16. The predicted molar refractivity (Wildman–Crippen MR) is 118 cm³/mol. The number of ether oxygens (including phenoxy) is 1. The van der Waals surface area contributed by atoms with Crippen molar-refractivity contribution in [2.45, 2.75) is 57.2 Å². The summed E-state index contributed by atoms with van der Waals surface area (Å²) in [5, 5.41) is 6.63. The van der Waals surface area contributed by atoms with E-state index in [2.05, 4.69) is 39.8 Å². The number of halogens is 2. The zero-order valence-corrected chi connectivity index (χ0v) is 18.2. The van der Waals surface area contributed by atoms with Crippen molar-refractivity contribution in [3.05, 3.63) is 35.9 Å². The molecule has 0 bridgehead atoms. The van der Waals surface area contributed by atoms with Gasteiger partial charge in [0.05, 0.1) is 6.61 Å². The number of rotatable bonds is 7. The fourth-order valence-electron chi connectivity index (χ4n) is 3.91. The van der Waals surface area contributed by atoms with E-state index in [1.165, 1.54) is 44.1 Å². The highest BCUT2D eigenvalue weighted by Crippen LogP contribution is 2.16. The summed E-state index contributed by atoms with van der Waals surface area (Å²) in [5.74, 6) is 0.0189. The van der Waals surface area contributed by atoms with Gasteiger partial charge in [-0.3, -0.25) is 9.69 Å². The molecule has 160 valence electrons. The number of benzene rings is 1. The van der Waals surface area contributed by atoms with E-state index in [9.17, 15) is 4.79 Å².